The van der Waals surface area contributed by atoms with Gasteiger partial charge in [-0.2, -0.15) is 0 Å². The second-order valence-corrected chi connectivity index (χ2v) is 5.66. The van der Waals surface area contributed by atoms with Gasteiger partial charge >= 0.3 is 0 Å². The summed E-state index contributed by atoms with van der Waals surface area (Å²) in [6.45, 7) is 3.51. The molecule has 0 spiro atoms. The van der Waals surface area contributed by atoms with E-state index in [1.807, 2.05) is 36.1 Å². The number of rotatable bonds is 7. The van der Waals surface area contributed by atoms with Gasteiger partial charge in [-0.1, -0.05) is 17.7 Å². The van der Waals surface area contributed by atoms with Crippen LogP contribution in [0.1, 0.15) is 37.7 Å². The van der Waals surface area contributed by atoms with E-state index in [2.05, 4.69) is 0 Å². The van der Waals surface area contributed by atoms with Gasteiger partial charge in [0.1, 0.15) is 5.75 Å². The van der Waals surface area contributed by atoms with Crippen molar-refractivity contribution >= 4 is 5.91 Å². The van der Waals surface area contributed by atoms with Crippen LogP contribution in [0.5, 0.6) is 5.75 Å². The van der Waals surface area contributed by atoms with Gasteiger partial charge in [0.05, 0.1) is 13.0 Å². The number of likely N-dealkylation sites (tertiary alicyclic amines) is 1. The zero-order chi connectivity index (χ0) is 15.1. The third kappa shape index (κ3) is 4.74. The summed E-state index contributed by atoms with van der Waals surface area (Å²) in [7, 11) is 0. The van der Waals surface area contributed by atoms with Crippen molar-refractivity contribution in [1.82, 2.24) is 4.90 Å². The average Bonchev–Trinajstić information content (AvgIpc) is 2.95. The highest BCUT2D eigenvalue weighted by atomic mass is 16.5. The molecule has 1 aliphatic rings. The van der Waals surface area contributed by atoms with Crippen LogP contribution >= 0.6 is 0 Å². The average molecular weight is 291 g/mol. The number of amides is 1. The van der Waals surface area contributed by atoms with E-state index in [9.17, 15) is 4.79 Å². The first kappa shape index (κ1) is 15.8. The molecule has 116 valence electrons. The maximum absolute atomic E-state index is 12.2. The molecule has 1 unspecified atom stereocenters. The lowest BCUT2D eigenvalue weighted by Gasteiger charge is -2.24. The number of carbonyl (C=O) groups excluding carboxylic acids is 1. The summed E-state index contributed by atoms with van der Waals surface area (Å²) in [6, 6.07) is 8.17. The maximum Gasteiger partial charge on any atom is 0.226 e. The Balaban J connectivity index is 1.74. The van der Waals surface area contributed by atoms with Crippen LogP contribution in [0, 0.1) is 6.92 Å². The Bertz CT molecular complexity index is 444. The lowest BCUT2D eigenvalue weighted by molar-refractivity contribution is -0.132. The number of carbonyl (C=O) groups is 1. The van der Waals surface area contributed by atoms with Crippen LogP contribution in [-0.4, -0.2) is 41.7 Å². The van der Waals surface area contributed by atoms with Crippen LogP contribution in [0.2, 0.25) is 0 Å². The van der Waals surface area contributed by atoms with Crippen molar-refractivity contribution in [3.63, 3.8) is 0 Å². The van der Waals surface area contributed by atoms with Gasteiger partial charge in [0, 0.05) is 19.2 Å². The molecule has 1 aromatic carbocycles. The molecule has 1 atom stereocenters. The zero-order valence-electron chi connectivity index (χ0n) is 12.8. The fraction of sp³-hybridized carbons (Fsp3) is 0.588. The molecule has 0 aromatic heterocycles. The van der Waals surface area contributed by atoms with Gasteiger partial charge in [0.25, 0.3) is 0 Å². The molecule has 1 heterocycles. The first-order valence-electron chi connectivity index (χ1n) is 7.80. The van der Waals surface area contributed by atoms with Crippen molar-refractivity contribution < 1.29 is 14.6 Å². The van der Waals surface area contributed by atoms with Gasteiger partial charge in [-0.25, -0.2) is 0 Å². The Hall–Kier alpha value is -1.55. The molecule has 0 aliphatic carbocycles. The quantitative estimate of drug-likeness (QED) is 0.840. The Morgan fingerprint density at radius 2 is 2.14 bits per heavy atom. The Labute approximate surface area is 126 Å². The summed E-state index contributed by atoms with van der Waals surface area (Å²) < 4.78 is 5.62. The SMILES string of the molecule is Cc1ccc(OCCC(=O)N2CCCC2CCCO)cc1. The fourth-order valence-electron chi connectivity index (χ4n) is 2.83. The minimum Gasteiger partial charge on any atom is -0.493 e. The molecule has 1 aliphatic heterocycles. The van der Waals surface area contributed by atoms with Crippen molar-refractivity contribution in [1.29, 1.82) is 0 Å². The van der Waals surface area contributed by atoms with Crippen LogP contribution in [0.3, 0.4) is 0 Å². The molecule has 1 aromatic rings. The number of benzene rings is 1. The Morgan fingerprint density at radius 1 is 1.38 bits per heavy atom. The Morgan fingerprint density at radius 3 is 2.86 bits per heavy atom. The number of aliphatic hydroxyl groups excluding tert-OH is 1. The fourth-order valence-corrected chi connectivity index (χ4v) is 2.83. The van der Waals surface area contributed by atoms with E-state index in [0.29, 0.717) is 19.1 Å². The molecule has 21 heavy (non-hydrogen) atoms. The van der Waals surface area contributed by atoms with Crippen LogP contribution in [0.4, 0.5) is 0 Å². The first-order valence-corrected chi connectivity index (χ1v) is 7.80. The summed E-state index contributed by atoms with van der Waals surface area (Å²) in [5.74, 6) is 0.981. The lowest BCUT2D eigenvalue weighted by atomic mass is 10.1. The van der Waals surface area contributed by atoms with Gasteiger partial charge in [-0.15, -0.1) is 0 Å². The van der Waals surface area contributed by atoms with Crippen molar-refractivity contribution in [3.05, 3.63) is 29.8 Å². The van der Waals surface area contributed by atoms with Crippen LogP contribution in [0.15, 0.2) is 24.3 Å². The van der Waals surface area contributed by atoms with Crippen LogP contribution < -0.4 is 4.74 Å². The smallest absolute Gasteiger partial charge is 0.226 e. The summed E-state index contributed by atoms with van der Waals surface area (Å²) in [6.07, 6.45) is 4.23. The molecule has 4 heteroatoms. The van der Waals surface area contributed by atoms with E-state index in [1.54, 1.807) is 0 Å². The molecule has 0 saturated carbocycles. The first-order chi connectivity index (χ1) is 10.2. The molecule has 0 bridgehead atoms. The van der Waals surface area contributed by atoms with Crippen molar-refractivity contribution in [2.75, 3.05) is 19.8 Å². The molecular formula is C17H25NO3. The third-order valence-corrected chi connectivity index (χ3v) is 4.00. The van der Waals surface area contributed by atoms with Crippen molar-refractivity contribution in [3.8, 4) is 5.75 Å². The van der Waals surface area contributed by atoms with Gasteiger partial charge in [0.2, 0.25) is 5.91 Å². The Kier molecular flexibility index (Phi) is 6.05. The van der Waals surface area contributed by atoms with Crippen molar-refractivity contribution in [2.24, 2.45) is 0 Å². The number of hydrogen-bond acceptors (Lipinski definition) is 3. The molecule has 1 amide bonds. The largest absolute Gasteiger partial charge is 0.493 e. The van der Waals surface area contributed by atoms with Gasteiger partial charge in [0.15, 0.2) is 0 Å². The van der Waals surface area contributed by atoms with E-state index in [-0.39, 0.29) is 12.5 Å². The molecule has 4 nitrogen and oxygen atoms in total. The summed E-state index contributed by atoms with van der Waals surface area (Å²) in [5.41, 5.74) is 1.20. The van der Waals surface area contributed by atoms with Crippen LogP contribution in [-0.2, 0) is 4.79 Å². The molecular weight excluding hydrogens is 266 g/mol. The summed E-state index contributed by atoms with van der Waals surface area (Å²) in [5, 5.41) is 8.91. The molecule has 1 fully saturated rings. The predicted octanol–water partition coefficient (Wildman–Crippen LogP) is 2.53. The van der Waals surface area contributed by atoms with Gasteiger partial charge in [-0.05, 0) is 44.7 Å². The van der Waals surface area contributed by atoms with Gasteiger partial charge in [-0.3, -0.25) is 4.79 Å². The topological polar surface area (TPSA) is 49.8 Å². The second kappa shape index (κ2) is 8.03. The monoisotopic (exact) mass is 291 g/mol. The van der Waals surface area contributed by atoms with E-state index in [1.165, 1.54) is 5.56 Å². The standard InChI is InChI=1S/C17H25NO3/c1-14-6-8-16(9-7-14)21-13-10-17(20)18-11-2-4-15(18)5-3-12-19/h6-9,15,19H,2-5,10-13H2,1H3. The molecule has 2 rings (SSSR count). The van der Waals surface area contributed by atoms with E-state index < -0.39 is 0 Å². The molecule has 0 radical (unpaired) electrons. The minimum atomic E-state index is 0.169. The lowest BCUT2D eigenvalue weighted by Crippen LogP contribution is -2.36. The molecule has 1 saturated heterocycles. The van der Waals surface area contributed by atoms with Gasteiger partial charge < -0.3 is 14.7 Å². The minimum absolute atomic E-state index is 0.169. The third-order valence-electron chi connectivity index (χ3n) is 4.00. The molecule has 1 N–H and O–H groups in total. The van der Waals surface area contributed by atoms with E-state index in [4.69, 9.17) is 9.84 Å². The number of ether oxygens (including phenoxy) is 1. The normalized spacial score (nSPS) is 18.0. The summed E-state index contributed by atoms with van der Waals surface area (Å²) in [4.78, 5) is 14.2. The summed E-state index contributed by atoms with van der Waals surface area (Å²) >= 11 is 0. The number of nitrogens with zero attached hydrogens (tertiary/aromatic N) is 1. The predicted molar refractivity (Wildman–Crippen MR) is 82.3 cm³/mol. The van der Waals surface area contributed by atoms with E-state index >= 15 is 0 Å². The number of aliphatic hydroxyl groups is 1. The number of aryl methyl sites for hydroxylation is 1. The highest BCUT2D eigenvalue weighted by molar-refractivity contribution is 5.77. The van der Waals surface area contributed by atoms with E-state index in [0.717, 1.165) is 38.0 Å². The zero-order valence-corrected chi connectivity index (χ0v) is 12.8. The van der Waals surface area contributed by atoms with Crippen LogP contribution in [0.25, 0.3) is 0 Å². The highest BCUT2D eigenvalue weighted by Gasteiger charge is 2.27. The number of hydrogen-bond donors (Lipinski definition) is 1. The maximum atomic E-state index is 12.2. The van der Waals surface area contributed by atoms with Crippen molar-refractivity contribution in [2.45, 2.75) is 45.1 Å². The second-order valence-electron chi connectivity index (χ2n) is 5.66. The highest BCUT2D eigenvalue weighted by Crippen LogP contribution is 2.22.